The first kappa shape index (κ1) is 21.5. The highest BCUT2D eigenvalue weighted by molar-refractivity contribution is 7.19. The Labute approximate surface area is 189 Å². The summed E-state index contributed by atoms with van der Waals surface area (Å²) in [5.41, 5.74) is 4.74. The van der Waals surface area contributed by atoms with E-state index >= 15 is 0 Å². The fraction of sp³-hybridized carbons (Fsp3) is 0.200. The van der Waals surface area contributed by atoms with Crippen molar-refractivity contribution in [3.63, 3.8) is 0 Å². The molecule has 1 atom stereocenters. The summed E-state index contributed by atoms with van der Waals surface area (Å²) in [6, 6.07) is 44.0. The van der Waals surface area contributed by atoms with Crippen LogP contribution in [0.5, 0.6) is 0 Å². The minimum absolute atomic E-state index is 0.108. The van der Waals surface area contributed by atoms with Gasteiger partial charge in [-0.2, -0.15) is 0 Å². The van der Waals surface area contributed by atoms with Crippen LogP contribution in [0.1, 0.15) is 43.0 Å². The fourth-order valence-electron chi connectivity index (χ4n) is 5.46. The smallest absolute Gasteiger partial charge is 0.0485 e. The lowest BCUT2D eigenvalue weighted by Crippen LogP contribution is -2.55. The highest BCUT2D eigenvalue weighted by Gasteiger charge is 2.58. The second-order valence-corrected chi connectivity index (χ2v) is 10.1. The van der Waals surface area contributed by atoms with Crippen LogP contribution in [-0.2, 0) is 10.6 Å². The highest BCUT2D eigenvalue weighted by atomic mass is 31.0. The summed E-state index contributed by atoms with van der Waals surface area (Å²) >= 11 is 0. The zero-order chi connectivity index (χ0) is 22.0. The Bertz CT molecular complexity index is 1020. The van der Waals surface area contributed by atoms with Crippen LogP contribution in [0.15, 0.2) is 121 Å². The molecule has 0 amide bonds. The van der Waals surface area contributed by atoms with Gasteiger partial charge >= 0.3 is 0 Å². The zero-order valence-corrected chi connectivity index (χ0v) is 19.8. The van der Waals surface area contributed by atoms with Crippen LogP contribution in [-0.4, -0.2) is 0 Å². The summed E-state index contributed by atoms with van der Waals surface area (Å²) in [4.78, 5) is 0. The number of rotatable bonds is 5. The third-order valence-corrected chi connectivity index (χ3v) is 7.69. The quantitative estimate of drug-likeness (QED) is 0.287. The van der Waals surface area contributed by atoms with E-state index < -0.39 is 5.16 Å². The van der Waals surface area contributed by atoms with Crippen molar-refractivity contribution < 1.29 is 0 Å². The Morgan fingerprint density at radius 2 is 0.677 bits per heavy atom. The lowest BCUT2D eigenvalue weighted by molar-refractivity contribution is 0.186. The molecule has 0 heterocycles. The van der Waals surface area contributed by atoms with Gasteiger partial charge < -0.3 is 0 Å². The molecule has 0 aromatic heterocycles. The minimum atomic E-state index is -0.392. The molecular weight excluding hydrogens is 391 g/mol. The molecule has 4 aromatic carbocycles. The predicted molar refractivity (Wildman–Crippen MR) is 136 cm³/mol. The average molecular weight is 423 g/mol. The van der Waals surface area contributed by atoms with E-state index in [2.05, 4.69) is 151 Å². The third-order valence-electron chi connectivity index (χ3n) is 6.59. The van der Waals surface area contributed by atoms with Crippen molar-refractivity contribution in [2.24, 2.45) is 5.41 Å². The molecule has 0 aliphatic carbocycles. The van der Waals surface area contributed by atoms with Crippen LogP contribution in [0.2, 0.25) is 0 Å². The molecule has 0 fully saturated rings. The molecule has 0 aliphatic rings. The van der Waals surface area contributed by atoms with E-state index in [1.807, 2.05) is 0 Å². The van der Waals surface area contributed by atoms with Gasteiger partial charge in [-0.05, 0) is 27.7 Å². The summed E-state index contributed by atoms with van der Waals surface area (Å²) in [7, 11) is 3.32. The Hall–Kier alpha value is -2.69. The number of hydrogen-bond acceptors (Lipinski definition) is 0. The molecule has 31 heavy (non-hydrogen) atoms. The Balaban J connectivity index is 2.23. The molecule has 0 saturated heterocycles. The second-order valence-electron chi connectivity index (χ2n) is 9.27. The van der Waals surface area contributed by atoms with Crippen LogP contribution in [0, 0.1) is 5.41 Å². The Kier molecular flexibility index (Phi) is 5.87. The molecule has 0 spiro atoms. The maximum Gasteiger partial charge on any atom is 0.0485 e. The van der Waals surface area contributed by atoms with Crippen LogP contribution >= 0.6 is 9.24 Å². The molecule has 0 bridgehead atoms. The van der Waals surface area contributed by atoms with Gasteiger partial charge in [-0.3, -0.25) is 0 Å². The van der Waals surface area contributed by atoms with Gasteiger partial charge in [0, 0.05) is 10.6 Å². The van der Waals surface area contributed by atoms with E-state index in [1.165, 1.54) is 22.3 Å². The van der Waals surface area contributed by atoms with Crippen molar-refractivity contribution >= 4 is 9.24 Å². The van der Waals surface area contributed by atoms with Crippen molar-refractivity contribution in [3.8, 4) is 0 Å². The summed E-state index contributed by atoms with van der Waals surface area (Å²) in [6.07, 6.45) is 0. The maximum absolute atomic E-state index is 3.32. The second kappa shape index (κ2) is 8.45. The minimum Gasteiger partial charge on any atom is -0.120 e. The molecule has 0 radical (unpaired) electrons. The van der Waals surface area contributed by atoms with Crippen molar-refractivity contribution in [1.29, 1.82) is 0 Å². The summed E-state index contributed by atoms with van der Waals surface area (Å²) < 4.78 is 0. The Morgan fingerprint density at radius 1 is 0.419 bits per heavy atom. The molecule has 4 rings (SSSR count). The van der Waals surface area contributed by atoms with E-state index in [0.29, 0.717) is 0 Å². The number of benzene rings is 4. The first-order valence-corrected chi connectivity index (χ1v) is 11.5. The normalized spacial score (nSPS) is 12.5. The first-order chi connectivity index (χ1) is 14.9. The zero-order valence-electron chi connectivity index (χ0n) is 18.6. The van der Waals surface area contributed by atoms with E-state index in [4.69, 9.17) is 0 Å². The lowest BCUT2D eigenvalue weighted by Gasteiger charge is -2.57. The SMILES string of the molecule is CC(C)(C)C(c1ccccc1)(c1ccccc1)C(P)(c1ccccc1)c1ccccc1. The summed E-state index contributed by atoms with van der Waals surface area (Å²) in [5.74, 6) is 0. The molecule has 1 unspecified atom stereocenters. The van der Waals surface area contributed by atoms with Gasteiger partial charge in [-0.1, -0.05) is 142 Å². The van der Waals surface area contributed by atoms with Gasteiger partial charge in [0.25, 0.3) is 0 Å². The molecule has 156 valence electrons. The molecule has 0 aliphatic heterocycles. The van der Waals surface area contributed by atoms with Crippen LogP contribution in [0.25, 0.3) is 0 Å². The molecule has 0 saturated carbocycles. The standard InChI is InChI=1S/C30H31P/c1-28(2,3)29(24-16-8-4-9-17-24,25-18-10-5-11-19-25)30(31,26-20-12-6-13-21-26)27-22-14-7-15-23-27/h4-23H,31H2,1-3H3. The van der Waals surface area contributed by atoms with Gasteiger partial charge in [0.15, 0.2) is 0 Å². The largest absolute Gasteiger partial charge is 0.120 e. The first-order valence-electron chi connectivity index (χ1n) is 10.9. The van der Waals surface area contributed by atoms with Crippen molar-refractivity contribution in [2.75, 3.05) is 0 Å². The van der Waals surface area contributed by atoms with Crippen molar-refractivity contribution in [2.45, 2.75) is 31.3 Å². The molecule has 0 N–H and O–H groups in total. The molecule has 0 nitrogen and oxygen atoms in total. The van der Waals surface area contributed by atoms with Gasteiger partial charge in [-0.15, -0.1) is 9.24 Å². The maximum atomic E-state index is 3.32. The van der Waals surface area contributed by atoms with Crippen molar-refractivity contribution in [1.82, 2.24) is 0 Å². The average Bonchev–Trinajstić information content (AvgIpc) is 2.81. The van der Waals surface area contributed by atoms with Gasteiger partial charge in [-0.25, -0.2) is 0 Å². The fourth-order valence-corrected chi connectivity index (χ4v) is 6.61. The molecular formula is C30H31P. The van der Waals surface area contributed by atoms with Gasteiger partial charge in [0.05, 0.1) is 0 Å². The topological polar surface area (TPSA) is 0 Å². The van der Waals surface area contributed by atoms with Crippen LogP contribution in [0.4, 0.5) is 0 Å². The highest BCUT2D eigenvalue weighted by Crippen LogP contribution is 2.64. The van der Waals surface area contributed by atoms with Gasteiger partial charge in [0.1, 0.15) is 0 Å². The van der Waals surface area contributed by atoms with Crippen LogP contribution in [0.3, 0.4) is 0 Å². The molecule has 4 aromatic rings. The summed E-state index contributed by atoms with van der Waals surface area (Å²) in [6.45, 7) is 7.12. The van der Waals surface area contributed by atoms with Crippen LogP contribution < -0.4 is 0 Å². The summed E-state index contributed by atoms with van der Waals surface area (Å²) in [5, 5.41) is -0.392. The van der Waals surface area contributed by atoms with E-state index in [1.54, 1.807) is 0 Å². The predicted octanol–water partition coefficient (Wildman–Crippen LogP) is 7.84. The van der Waals surface area contributed by atoms with Crippen molar-refractivity contribution in [3.05, 3.63) is 144 Å². The monoisotopic (exact) mass is 422 g/mol. The lowest BCUT2D eigenvalue weighted by atomic mass is 9.50. The van der Waals surface area contributed by atoms with E-state index in [0.717, 1.165) is 0 Å². The molecule has 1 heteroatoms. The Morgan fingerprint density at radius 3 is 0.935 bits per heavy atom. The third kappa shape index (κ3) is 3.44. The van der Waals surface area contributed by atoms with E-state index in [-0.39, 0.29) is 10.8 Å². The van der Waals surface area contributed by atoms with E-state index in [9.17, 15) is 0 Å². The van der Waals surface area contributed by atoms with Gasteiger partial charge in [0.2, 0.25) is 0 Å². The number of hydrogen-bond donors (Lipinski definition) is 0.